The quantitative estimate of drug-likeness (QED) is 0.115. The highest BCUT2D eigenvalue weighted by atomic mass is 16.4. The molecular weight excluding hydrogens is 496 g/mol. The second-order valence-corrected chi connectivity index (χ2v) is 8.19. The first-order valence-corrected chi connectivity index (χ1v) is 11.0. The largest absolute Gasteiger partial charge is 0.508 e. The topological polar surface area (TPSA) is 266 Å². The molecule has 0 saturated carbocycles. The van der Waals surface area contributed by atoms with E-state index in [4.69, 9.17) is 15.9 Å². The fourth-order valence-corrected chi connectivity index (χ4v) is 3.08. The Labute approximate surface area is 210 Å². The average molecular weight is 526 g/mol. The molecule has 0 radical (unpaired) electrons. The van der Waals surface area contributed by atoms with Crippen LogP contribution >= 0.6 is 0 Å². The van der Waals surface area contributed by atoms with Crippen molar-refractivity contribution in [3.8, 4) is 5.75 Å². The zero-order chi connectivity index (χ0) is 28.3. The molecule has 0 aliphatic carbocycles. The van der Waals surface area contributed by atoms with E-state index in [0.717, 1.165) is 6.92 Å². The van der Waals surface area contributed by atoms with Crippen molar-refractivity contribution in [2.45, 2.75) is 62.9 Å². The van der Waals surface area contributed by atoms with Gasteiger partial charge in [0.25, 0.3) is 0 Å². The van der Waals surface area contributed by atoms with Gasteiger partial charge in [0, 0.05) is 12.8 Å². The number of aliphatic carboxylic acids is 3. The van der Waals surface area contributed by atoms with Crippen LogP contribution in [0.15, 0.2) is 24.3 Å². The second-order valence-electron chi connectivity index (χ2n) is 8.19. The molecule has 1 rings (SSSR count). The van der Waals surface area contributed by atoms with E-state index in [9.17, 15) is 44.1 Å². The van der Waals surface area contributed by atoms with Gasteiger partial charge in [0.05, 0.1) is 18.6 Å². The summed E-state index contributed by atoms with van der Waals surface area (Å²) < 4.78 is 0. The van der Waals surface area contributed by atoms with Crippen molar-refractivity contribution in [1.29, 1.82) is 0 Å². The third-order valence-electron chi connectivity index (χ3n) is 5.06. The molecule has 0 spiro atoms. The van der Waals surface area contributed by atoms with Gasteiger partial charge in [-0.15, -0.1) is 0 Å². The standard InChI is InChI=1S/C22H30N4O11/c1-10(27)18(21(35)24-14(22(36)37)6-7-16(29)30)26-20(34)15(8-11-2-4-12(28)5-3-11)25-19(33)13(23)9-17(31)32/h2-5,10,13-15,18,27-28H,6-9,23H2,1H3,(H,24,35)(H,25,33)(H,26,34)(H,29,30)(H,31,32)(H,36,37). The Bertz CT molecular complexity index is 997. The highest BCUT2D eigenvalue weighted by Crippen LogP contribution is 2.12. The SMILES string of the molecule is CC(O)C(NC(=O)C(Cc1ccc(O)cc1)NC(=O)C(N)CC(=O)O)C(=O)NC(CCC(=O)O)C(=O)O. The summed E-state index contributed by atoms with van der Waals surface area (Å²) in [6.07, 6.45) is -3.50. The number of carboxylic acids is 3. The first-order chi connectivity index (χ1) is 17.2. The molecule has 0 bridgehead atoms. The van der Waals surface area contributed by atoms with Crippen LogP contribution in [0.2, 0.25) is 0 Å². The molecule has 0 aliphatic rings. The van der Waals surface area contributed by atoms with Crippen LogP contribution in [0.1, 0.15) is 31.7 Å². The third kappa shape index (κ3) is 10.9. The first kappa shape index (κ1) is 30.8. The van der Waals surface area contributed by atoms with E-state index in [0.29, 0.717) is 5.56 Å². The normalized spacial score (nSPS) is 14.8. The summed E-state index contributed by atoms with van der Waals surface area (Å²) in [7, 11) is 0. The predicted octanol–water partition coefficient (Wildman–Crippen LogP) is -2.48. The van der Waals surface area contributed by atoms with Gasteiger partial charge in [-0.2, -0.15) is 0 Å². The fraction of sp³-hybridized carbons (Fsp3) is 0.455. The molecule has 10 N–H and O–H groups in total. The number of phenolic OH excluding ortho intramolecular Hbond substituents is 1. The van der Waals surface area contributed by atoms with Gasteiger partial charge in [0.1, 0.15) is 23.9 Å². The molecule has 5 unspecified atom stereocenters. The van der Waals surface area contributed by atoms with Crippen LogP contribution in [-0.4, -0.2) is 91.4 Å². The maximum atomic E-state index is 13.0. The van der Waals surface area contributed by atoms with Gasteiger partial charge in [-0.25, -0.2) is 4.79 Å². The molecule has 1 aromatic rings. The molecule has 1 aromatic carbocycles. The van der Waals surface area contributed by atoms with Crippen molar-refractivity contribution < 1.29 is 54.3 Å². The summed E-state index contributed by atoms with van der Waals surface area (Å²) in [5.41, 5.74) is 6.00. The van der Waals surface area contributed by atoms with Gasteiger partial charge in [-0.05, 0) is 31.0 Å². The summed E-state index contributed by atoms with van der Waals surface area (Å²) in [5, 5.41) is 52.9. The molecule has 15 heteroatoms. The van der Waals surface area contributed by atoms with E-state index in [2.05, 4.69) is 16.0 Å². The van der Waals surface area contributed by atoms with E-state index in [1.54, 1.807) is 0 Å². The first-order valence-electron chi connectivity index (χ1n) is 11.0. The molecule has 0 saturated heterocycles. The fourth-order valence-electron chi connectivity index (χ4n) is 3.08. The number of amides is 3. The Morgan fingerprint density at radius 1 is 0.838 bits per heavy atom. The Morgan fingerprint density at radius 2 is 1.41 bits per heavy atom. The maximum absolute atomic E-state index is 13.0. The van der Waals surface area contributed by atoms with E-state index >= 15 is 0 Å². The maximum Gasteiger partial charge on any atom is 0.326 e. The van der Waals surface area contributed by atoms with Crippen LogP contribution in [0.4, 0.5) is 0 Å². The molecule has 0 aromatic heterocycles. The monoisotopic (exact) mass is 526 g/mol. The molecule has 204 valence electrons. The lowest BCUT2D eigenvalue weighted by atomic mass is 10.0. The average Bonchev–Trinajstić information content (AvgIpc) is 2.79. The number of aliphatic hydroxyl groups is 1. The summed E-state index contributed by atoms with van der Waals surface area (Å²) in [4.78, 5) is 71.1. The van der Waals surface area contributed by atoms with Crippen molar-refractivity contribution in [2.75, 3.05) is 0 Å². The van der Waals surface area contributed by atoms with Crippen molar-refractivity contribution in [3.63, 3.8) is 0 Å². The summed E-state index contributed by atoms with van der Waals surface area (Å²) in [6, 6.07) is -0.735. The van der Waals surface area contributed by atoms with Crippen LogP contribution < -0.4 is 21.7 Å². The number of carbonyl (C=O) groups is 6. The lowest BCUT2D eigenvalue weighted by Gasteiger charge is -2.26. The van der Waals surface area contributed by atoms with Crippen LogP contribution in [-0.2, 0) is 35.2 Å². The number of rotatable bonds is 15. The Kier molecular flexibility index (Phi) is 11.9. The highest BCUT2D eigenvalue weighted by molar-refractivity contribution is 5.95. The van der Waals surface area contributed by atoms with Crippen LogP contribution in [0.3, 0.4) is 0 Å². The molecule has 37 heavy (non-hydrogen) atoms. The number of carboxylic acid groups (broad SMARTS) is 3. The molecular formula is C22H30N4O11. The smallest absolute Gasteiger partial charge is 0.326 e. The van der Waals surface area contributed by atoms with Gasteiger partial charge in [-0.1, -0.05) is 12.1 Å². The van der Waals surface area contributed by atoms with Crippen molar-refractivity contribution >= 4 is 35.6 Å². The molecule has 0 aliphatic heterocycles. The number of aromatic hydroxyl groups is 1. The summed E-state index contributed by atoms with van der Waals surface area (Å²) >= 11 is 0. The van der Waals surface area contributed by atoms with Crippen molar-refractivity contribution in [1.82, 2.24) is 16.0 Å². The Hall–Kier alpha value is -4.24. The van der Waals surface area contributed by atoms with Crippen LogP contribution in [0.25, 0.3) is 0 Å². The van der Waals surface area contributed by atoms with Gasteiger partial charge in [0.15, 0.2) is 0 Å². The number of phenols is 1. The summed E-state index contributed by atoms with van der Waals surface area (Å²) in [6.45, 7) is 1.13. The number of nitrogens with two attached hydrogens (primary N) is 1. The number of aliphatic hydroxyl groups excluding tert-OH is 1. The minimum atomic E-state index is -1.70. The van der Waals surface area contributed by atoms with Gasteiger partial charge >= 0.3 is 17.9 Å². The number of benzene rings is 1. The molecule has 3 amide bonds. The minimum absolute atomic E-state index is 0.0704. The molecule has 0 heterocycles. The van der Waals surface area contributed by atoms with E-state index in [1.165, 1.54) is 24.3 Å². The molecule has 5 atom stereocenters. The third-order valence-corrected chi connectivity index (χ3v) is 5.06. The zero-order valence-corrected chi connectivity index (χ0v) is 19.8. The number of hydrogen-bond donors (Lipinski definition) is 9. The van der Waals surface area contributed by atoms with Crippen molar-refractivity contribution in [3.05, 3.63) is 29.8 Å². The number of hydrogen-bond acceptors (Lipinski definition) is 9. The number of nitrogens with one attached hydrogen (secondary N) is 3. The molecule has 15 nitrogen and oxygen atoms in total. The predicted molar refractivity (Wildman–Crippen MR) is 124 cm³/mol. The van der Waals surface area contributed by atoms with Gasteiger partial charge in [0.2, 0.25) is 17.7 Å². The summed E-state index contributed by atoms with van der Waals surface area (Å²) in [5.74, 6) is -7.37. The zero-order valence-electron chi connectivity index (χ0n) is 19.8. The number of carbonyl (C=O) groups excluding carboxylic acids is 3. The highest BCUT2D eigenvalue weighted by Gasteiger charge is 2.33. The second kappa shape index (κ2) is 14.4. The van der Waals surface area contributed by atoms with Gasteiger partial charge < -0.3 is 47.2 Å². The Morgan fingerprint density at radius 3 is 1.89 bits per heavy atom. The van der Waals surface area contributed by atoms with E-state index in [-0.39, 0.29) is 12.2 Å². The van der Waals surface area contributed by atoms with Crippen LogP contribution in [0.5, 0.6) is 5.75 Å². The van der Waals surface area contributed by atoms with Crippen LogP contribution in [0, 0.1) is 0 Å². The lowest BCUT2D eigenvalue weighted by Crippen LogP contribution is -2.60. The van der Waals surface area contributed by atoms with E-state index in [1.807, 2.05) is 0 Å². The molecule has 0 fully saturated rings. The lowest BCUT2D eigenvalue weighted by molar-refractivity contribution is -0.144. The Balaban J connectivity index is 3.10. The van der Waals surface area contributed by atoms with E-state index < -0.39 is 85.2 Å². The van der Waals surface area contributed by atoms with Gasteiger partial charge in [-0.3, -0.25) is 24.0 Å². The minimum Gasteiger partial charge on any atom is -0.508 e. The van der Waals surface area contributed by atoms with Crippen molar-refractivity contribution in [2.24, 2.45) is 5.73 Å².